The van der Waals surface area contributed by atoms with E-state index in [2.05, 4.69) is 5.32 Å². The van der Waals surface area contributed by atoms with Crippen LogP contribution in [0.3, 0.4) is 0 Å². The summed E-state index contributed by atoms with van der Waals surface area (Å²) in [4.78, 5) is 49.6. The minimum atomic E-state index is -0.761. The molecule has 0 spiro atoms. The van der Waals surface area contributed by atoms with Crippen LogP contribution in [0.15, 0.2) is 24.4 Å². The maximum absolute atomic E-state index is 13.0. The number of rotatable bonds is 4. The smallest absolute Gasteiger partial charge is 0.306 e. The predicted octanol–water partition coefficient (Wildman–Crippen LogP) is 2.61. The third kappa shape index (κ3) is 4.43. The van der Waals surface area contributed by atoms with E-state index < -0.39 is 5.97 Å². The average Bonchev–Trinajstić information content (AvgIpc) is 3.27. The molecule has 1 atom stereocenters. The van der Waals surface area contributed by atoms with E-state index in [0.717, 1.165) is 42.1 Å². The minimum absolute atomic E-state index is 0.00160. The van der Waals surface area contributed by atoms with E-state index in [0.29, 0.717) is 38.8 Å². The lowest BCUT2D eigenvalue weighted by Crippen LogP contribution is -2.43. The molecule has 2 N–H and O–H groups in total. The van der Waals surface area contributed by atoms with E-state index in [1.807, 2.05) is 34.0 Å². The van der Waals surface area contributed by atoms with Crippen molar-refractivity contribution in [2.75, 3.05) is 13.1 Å². The molecule has 1 aliphatic carbocycles. The van der Waals surface area contributed by atoms with Crippen molar-refractivity contribution in [2.45, 2.75) is 63.3 Å². The van der Waals surface area contributed by atoms with Crippen LogP contribution in [0.2, 0.25) is 0 Å². The molecule has 0 radical (unpaired) electrons. The first-order valence-corrected chi connectivity index (χ1v) is 12.2. The van der Waals surface area contributed by atoms with Gasteiger partial charge in [-0.15, -0.1) is 0 Å². The zero-order chi connectivity index (χ0) is 23.8. The number of imide groups is 1. The highest BCUT2D eigenvalue weighted by Gasteiger charge is 2.34. The number of carboxylic acids is 1. The summed E-state index contributed by atoms with van der Waals surface area (Å²) in [6.45, 7) is 1.07. The van der Waals surface area contributed by atoms with Gasteiger partial charge in [0.25, 0.3) is 0 Å². The molecule has 3 amide bonds. The van der Waals surface area contributed by atoms with E-state index in [-0.39, 0.29) is 41.5 Å². The number of carbonyl (C=O) groups is 4. The van der Waals surface area contributed by atoms with Crippen molar-refractivity contribution < 1.29 is 24.3 Å². The molecule has 5 rings (SSSR count). The van der Waals surface area contributed by atoms with E-state index in [9.17, 15) is 19.2 Å². The number of aliphatic carboxylic acids is 1. The molecule has 3 aliphatic rings. The summed E-state index contributed by atoms with van der Waals surface area (Å²) in [6, 6.07) is 6.08. The van der Waals surface area contributed by atoms with Crippen molar-refractivity contribution in [3.63, 3.8) is 0 Å². The van der Waals surface area contributed by atoms with Crippen LogP contribution in [0, 0.1) is 11.8 Å². The minimum Gasteiger partial charge on any atom is -0.481 e. The lowest BCUT2D eigenvalue weighted by atomic mass is 9.84. The van der Waals surface area contributed by atoms with Gasteiger partial charge in [0.15, 0.2) is 0 Å². The number of nitrogens with zero attached hydrogens (tertiary/aromatic N) is 3. The van der Waals surface area contributed by atoms with Crippen molar-refractivity contribution in [2.24, 2.45) is 11.8 Å². The Morgan fingerprint density at radius 2 is 1.71 bits per heavy atom. The Bertz CT molecular complexity index is 1130. The third-order valence-corrected chi connectivity index (χ3v) is 7.76. The maximum atomic E-state index is 13.0. The van der Waals surface area contributed by atoms with E-state index in [1.165, 1.54) is 0 Å². The molecule has 2 aliphatic heterocycles. The molecule has 1 aromatic carbocycles. The van der Waals surface area contributed by atoms with Crippen LogP contribution in [-0.2, 0) is 19.2 Å². The number of carbonyl (C=O) groups excluding carboxylic acids is 3. The van der Waals surface area contributed by atoms with Crippen molar-refractivity contribution in [3.8, 4) is 0 Å². The van der Waals surface area contributed by atoms with Crippen LogP contribution < -0.4 is 5.32 Å². The van der Waals surface area contributed by atoms with Gasteiger partial charge in [-0.25, -0.2) is 0 Å². The maximum Gasteiger partial charge on any atom is 0.306 e. The first kappa shape index (κ1) is 22.6. The summed E-state index contributed by atoms with van der Waals surface area (Å²) in [6.07, 6.45) is 7.33. The van der Waals surface area contributed by atoms with E-state index in [1.54, 1.807) is 0 Å². The molecular weight excluding hydrogens is 436 g/mol. The molecule has 1 aromatic heterocycles. The van der Waals surface area contributed by atoms with E-state index >= 15 is 0 Å². The fourth-order valence-corrected chi connectivity index (χ4v) is 5.67. The second-order valence-corrected chi connectivity index (χ2v) is 9.87. The lowest BCUT2D eigenvalue weighted by molar-refractivity contribution is -0.147. The van der Waals surface area contributed by atoms with Crippen LogP contribution in [0.5, 0.6) is 0 Å². The van der Waals surface area contributed by atoms with E-state index in [4.69, 9.17) is 10.2 Å². The molecule has 180 valence electrons. The molecule has 9 heteroatoms. The number of carboxylic acid groups (broad SMARTS) is 1. The largest absolute Gasteiger partial charge is 0.481 e. The number of aromatic nitrogens is 2. The molecule has 3 heterocycles. The highest BCUT2D eigenvalue weighted by atomic mass is 16.4. The normalized spacial score (nSPS) is 26.5. The average molecular weight is 467 g/mol. The monoisotopic (exact) mass is 466 g/mol. The summed E-state index contributed by atoms with van der Waals surface area (Å²) < 4.78 is 2.00. The fraction of sp³-hybridized carbons (Fsp3) is 0.560. The highest BCUT2D eigenvalue weighted by Crippen LogP contribution is 2.35. The van der Waals surface area contributed by atoms with Gasteiger partial charge in [-0.2, -0.15) is 5.10 Å². The van der Waals surface area contributed by atoms with Crippen LogP contribution in [-0.4, -0.2) is 56.6 Å². The van der Waals surface area contributed by atoms with Crippen molar-refractivity contribution in [1.82, 2.24) is 20.0 Å². The molecule has 1 unspecified atom stereocenters. The predicted molar refractivity (Wildman–Crippen MR) is 123 cm³/mol. The Morgan fingerprint density at radius 3 is 2.38 bits per heavy atom. The topological polar surface area (TPSA) is 122 Å². The zero-order valence-corrected chi connectivity index (χ0v) is 19.1. The Kier molecular flexibility index (Phi) is 6.10. The zero-order valence-electron chi connectivity index (χ0n) is 19.1. The highest BCUT2D eigenvalue weighted by molar-refractivity contribution is 6.01. The summed E-state index contributed by atoms with van der Waals surface area (Å²) in [5.41, 5.74) is 1.77. The number of benzene rings is 1. The molecule has 34 heavy (non-hydrogen) atoms. The molecule has 1 saturated carbocycles. The number of fused-ring (bicyclic) bond motifs is 1. The van der Waals surface area contributed by atoms with Crippen molar-refractivity contribution in [3.05, 3.63) is 30.0 Å². The summed E-state index contributed by atoms with van der Waals surface area (Å²) in [5, 5.41) is 17.3. The Morgan fingerprint density at radius 1 is 0.971 bits per heavy atom. The van der Waals surface area contributed by atoms with Gasteiger partial charge >= 0.3 is 5.97 Å². The first-order valence-electron chi connectivity index (χ1n) is 12.2. The first-order chi connectivity index (χ1) is 16.4. The molecule has 0 bridgehead atoms. The molecule has 2 saturated heterocycles. The van der Waals surface area contributed by atoms with Crippen molar-refractivity contribution in [1.29, 1.82) is 0 Å². The second-order valence-electron chi connectivity index (χ2n) is 9.87. The quantitative estimate of drug-likeness (QED) is 0.668. The van der Waals surface area contributed by atoms with Gasteiger partial charge in [0.05, 0.1) is 23.4 Å². The molecule has 3 fully saturated rings. The number of hydrogen-bond donors (Lipinski definition) is 2. The standard InChI is InChI=1S/C25H30N4O5/c30-22-8-6-20(23(31)26-22)17-3-7-21-18(13-17)14-29(27-21)19-4-1-15(2-5-19)24(32)28-11-9-16(10-12-28)25(33)34/h3,7,13-16,19-20H,1-2,4-6,8-12H2,(H,33,34)(H,26,30,31)/t15-,19-,20?. The number of amides is 3. The Balaban J connectivity index is 1.20. The van der Waals surface area contributed by atoms with Gasteiger partial charge in [-0.05, 0) is 62.6 Å². The molecular formula is C25H30N4O5. The second kappa shape index (κ2) is 9.19. The van der Waals surface area contributed by atoms with Crippen LogP contribution >= 0.6 is 0 Å². The number of hydrogen-bond acceptors (Lipinski definition) is 5. The number of likely N-dealkylation sites (tertiary alicyclic amines) is 1. The lowest BCUT2D eigenvalue weighted by Gasteiger charge is -2.35. The number of nitrogens with one attached hydrogen (secondary N) is 1. The summed E-state index contributed by atoms with van der Waals surface area (Å²) in [5.74, 6) is -1.68. The Hall–Kier alpha value is -3.23. The van der Waals surface area contributed by atoms with Gasteiger partial charge < -0.3 is 10.0 Å². The van der Waals surface area contributed by atoms with Crippen LogP contribution in [0.25, 0.3) is 10.9 Å². The Labute approximate surface area is 197 Å². The van der Waals surface area contributed by atoms with Crippen LogP contribution in [0.4, 0.5) is 0 Å². The summed E-state index contributed by atoms with van der Waals surface area (Å²) in [7, 11) is 0. The third-order valence-electron chi connectivity index (χ3n) is 7.76. The fourth-order valence-electron chi connectivity index (χ4n) is 5.67. The summed E-state index contributed by atoms with van der Waals surface area (Å²) >= 11 is 0. The van der Waals surface area contributed by atoms with Gasteiger partial charge in [-0.3, -0.25) is 29.2 Å². The van der Waals surface area contributed by atoms with Gasteiger partial charge in [0, 0.05) is 37.0 Å². The van der Waals surface area contributed by atoms with Gasteiger partial charge in [-0.1, -0.05) is 6.07 Å². The van der Waals surface area contributed by atoms with Gasteiger partial charge in [0.1, 0.15) is 0 Å². The molecule has 9 nitrogen and oxygen atoms in total. The molecule has 2 aromatic rings. The van der Waals surface area contributed by atoms with Gasteiger partial charge in [0.2, 0.25) is 17.7 Å². The SMILES string of the molecule is O=C1CCC(c2ccc3nn([C@H]4CC[C@H](C(=O)N5CCC(C(=O)O)CC5)CC4)cc3c2)C(=O)N1. The van der Waals surface area contributed by atoms with Crippen molar-refractivity contribution >= 4 is 34.6 Å². The van der Waals surface area contributed by atoms with Crippen LogP contribution in [0.1, 0.15) is 68.9 Å². The number of piperidine rings is 2.